The molecule has 1 aromatic carbocycles. The molecule has 0 bridgehead atoms. The topological polar surface area (TPSA) is 67.9 Å². The molecular formula is C19H28N2O4. The van der Waals surface area contributed by atoms with Gasteiger partial charge in [0.1, 0.15) is 12.1 Å². The lowest BCUT2D eigenvalue weighted by atomic mass is 10.1. The highest BCUT2D eigenvalue weighted by Crippen LogP contribution is 2.45. The van der Waals surface area contributed by atoms with Gasteiger partial charge in [-0.05, 0) is 39.2 Å². The van der Waals surface area contributed by atoms with Gasteiger partial charge in [0.25, 0.3) is 0 Å². The Hall–Kier alpha value is -2.08. The average Bonchev–Trinajstić information content (AvgIpc) is 3.31. The van der Waals surface area contributed by atoms with Gasteiger partial charge in [-0.3, -0.25) is 9.69 Å². The number of hydrogen-bond donors (Lipinski definition) is 1. The van der Waals surface area contributed by atoms with E-state index in [4.69, 9.17) is 9.47 Å². The summed E-state index contributed by atoms with van der Waals surface area (Å²) in [6.45, 7) is 6.00. The van der Waals surface area contributed by atoms with Crippen molar-refractivity contribution in [3.05, 3.63) is 35.9 Å². The molecule has 0 heterocycles. The number of carbonyl (C=O) groups excluding carboxylic acids is 2. The maximum atomic E-state index is 12.5. The molecule has 6 heteroatoms. The van der Waals surface area contributed by atoms with E-state index in [0.717, 1.165) is 18.4 Å². The molecule has 0 atom stereocenters. The predicted molar refractivity (Wildman–Crippen MR) is 95.2 cm³/mol. The van der Waals surface area contributed by atoms with Crippen LogP contribution in [0.5, 0.6) is 0 Å². The van der Waals surface area contributed by atoms with Gasteiger partial charge in [-0.1, -0.05) is 30.3 Å². The summed E-state index contributed by atoms with van der Waals surface area (Å²) in [6.07, 6.45) is 1.31. The molecule has 0 aliphatic heterocycles. The lowest BCUT2D eigenvalue weighted by Gasteiger charge is -2.27. The molecule has 2 rings (SSSR count). The maximum Gasteiger partial charge on any atom is 0.410 e. The summed E-state index contributed by atoms with van der Waals surface area (Å²) in [5, 5.41) is 3.08. The molecular weight excluding hydrogens is 320 g/mol. The smallest absolute Gasteiger partial charge is 0.410 e. The van der Waals surface area contributed by atoms with Crippen molar-refractivity contribution < 1.29 is 19.1 Å². The van der Waals surface area contributed by atoms with E-state index in [2.05, 4.69) is 5.32 Å². The number of nitrogens with zero attached hydrogens (tertiary/aromatic N) is 1. The van der Waals surface area contributed by atoms with Gasteiger partial charge in [0.2, 0.25) is 5.91 Å². The molecule has 1 N–H and O–H groups in total. The first-order valence-electron chi connectivity index (χ1n) is 8.59. The van der Waals surface area contributed by atoms with E-state index in [1.54, 1.807) is 27.9 Å². The zero-order valence-corrected chi connectivity index (χ0v) is 15.5. The van der Waals surface area contributed by atoms with Gasteiger partial charge in [0.15, 0.2) is 0 Å². The van der Waals surface area contributed by atoms with Crippen LogP contribution in [0.25, 0.3) is 0 Å². The van der Waals surface area contributed by atoms with Crippen molar-refractivity contribution >= 4 is 12.0 Å². The average molecular weight is 348 g/mol. The maximum absolute atomic E-state index is 12.5. The van der Waals surface area contributed by atoms with Crippen molar-refractivity contribution in [3.8, 4) is 0 Å². The van der Waals surface area contributed by atoms with Crippen LogP contribution in [-0.2, 0) is 19.8 Å². The Balaban J connectivity index is 1.98. The van der Waals surface area contributed by atoms with Gasteiger partial charge in [0, 0.05) is 13.7 Å². The number of benzene rings is 1. The Labute approximate surface area is 149 Å². The first-order chi connectivity index (χ1) is 11.8. The molecule has 1 saturated carbocycles. The van der Waals surface area contributed by atoms with Crippen molar-refractivity contribution in [2.45, 2.75) is 44.8 Å². The second-order valence-corrected chi connectivity index (χ2v) is 7.39. The highest BCUT2D eigenvalue weighted by Gasteiger charge is 2.45. The van der Waals surface area contributed by atoms with Crippen molar-refractivity contribution in [2.75, 3.05) is 26.8 Å². The van der Waals surface area contributed by atoms with Gasteiger partial charge in [-0.15, -0.1) is 0 Å². The quantitative estimate of drug-likeness (QED) is 0.823. The summed E-state index contributed by atoms with van der Waals surface area (Å²) in [7, 11) is 1.56. The van der Waals surface area contributed by atoms with Crippen LogP contribution in [0.3, 0.4) is 0 Å². The first-order valence-corrected chi connectivity index (χ1v) is 8.59. The standard InChI is InChI=1S/C19H28N2O4/c1-18(2,3)25-17(23)21(12-13-24-4)14-16(22)20-19(10-11-19)15-8-6-5-7-9-15/h5-9H,10-14H2,1-4H3,(H,20,22). The number of amides is 2. The molecule has 25 heavy (non-hydrogen) atoms. The fourth-order valence-electron chi connectivity index (χ4n) is 2.61. The van der Waals surface area contributed by atoms with Crippen LogP contribution in [0.2, 0.25) is 0 Å². The molecule has 0 unspecified atom stereocenters. The van der Waals surface area contributed by atoms with E-state index >= 15 is 0 Å². The Morgan fingerprint density at radius 3 is 2.36 bits per heavy atom. The molecule has 1 aromatic rings. The molecule has 2 amide bonds. The van der Waals surface area contributed by atoms with Crippen LogP contribution in [-0.4, -0.2) is 49.3 Å². The van der Waals surface area contributed by atoms with Crippen molar-refractivity contribution in [1.82, 2.24) is 10.2 Å². The number of methoxy groups -OCH3 is 1. The Kier molecular flexibility index (Phi) is 6.06. The molecule has 138 valence electrons. The Morgan fingerprint density at radius 1 is 1.20 bits per heavy atom. The van der Waals surface area contributed by atoms with Crippen LogP contribution in [0.1, 0.15) is 39.2 Å². The molecule has 0 spiro atoms. The zero-order chi connectivity index (χ0) is 18.5. The third-order valence-electron chi connectivity index (χ3n) is 4.01. The highest BCUT2D eigenvalue weighted by atomic mass is 16.6. The number of rotatable bonds is 7. The van der Waals surface area contributed by atoms with Crippen LogP contribution in [0.15, 0.2) is 30.3 Å². The molecule has 1 fully saturated rings. The lowest BCUT2D eigenvalue weighted by Crippen LogP contribution is -2.46. The fourth-order valence-corrected chi connectivity index (χ4v) is 2.61. The third kappa shape index (κ3) is 5.74. The summed E-state index contributed by atoms with van der Waals surface area (Å²) >= 11 is 0. The summed E-state index contributed by atoms with van der Waals surface area (Å²) in [4.78, 5) is 26.2. The second-order valence-electron chi connectivity index (χ2n) is 7.39. The number of ether oxygens (including phenoxy) is 2. The van der Waals surface area contributed by atoms with Crippen molar-refractivity contribution in [2.24, 2.45) is 0 Å². The fraction of sp³-hybridized carbons (Fsp3) is 0.579. The van der Waals surface area contributed by atoms with E-state index in [1.165, 1.54) is 4.90 Å². The molecule has 6 nitrogen and oxygen atoms in total. The van der Waals surface area contributed by atoms with Crippen LogP contribution in [0, 0.1) is 0 Å². The molecule has 1 aliphatic carbocycles. The van der Waals surface area contributed by atoms with E-state index in [0.29, 0.717) is 13.2 Å². The van der Waals surface area contributed by atoms with Gasteiger partial charge in [0.05, 0.1) is 12.1 Å². The number of nitrogens with one attached hydrogen (secondary N) is 1. The van der Waals surface area contributed by atoms with Gasteiger partial charge in [-0.25, -0.2) is 4.79 Å². The monoisotopic (exact) mass is 348 g/mol. The summed E-state index contributed by atoms with van der Waals surface area (Å²) in [5.41, 5.74) is 0.198. The molecule has 0 radical (unpaired) electrons. The second kappa shape index (κ2) is 7.87. The lowest BCUT2D eigenvalue weighted by molar-refractivity contribution is -0.123. The first kappa shape index (κ1) is 19.2. The van der Waals surface area contributed by atoms with E-state index < -0.39 is 11.7 Å². The number of hydrogen-bond acceptors (Lipinski definition) is 4. The highest BCUT2D eigenvalue weighted by molar-refractivity contribution is 5.83. The zero-order valence-electron chi connectivity index (χ0n) is 15.5. The summed E-state index contributed by atoms with van der Waals surface area (Å²) in [6, 6.07) is 9.92. The molecule has 1 aliphatic rings. The SMILES string of the molecule is COCCN(CC(=O)NC1(c2ccccc2)CC1)C(=O)OC(C)(C)C. The minimum atomic E-state index is -0.610. The van der Waals surface area contributed by atoms with Gasteiger partial charge in [-0.2, -0.15) is 0 Å². The number of carbonyl (C=O) groups is 2. The van der Waals surface area contributed by atoms with E-state index in [1.807, 2.05) is 30.3 Å². The third-order valence-corrected chi connectivity index (χ3v) is 4.01. The van der Waals surface area contributed by atoms with Crippen LogP contribution >= 0.6 is 0 Å². The molecule has 0 aromatic heterocycles. The van der Waals surface area contributed by atoms with Crippen molar-refractivity contribution in [3.63, 3.8) is 0 Å². The van der Waals surface area contributed by atoms with Gasteiger partial charge < -0.3 is 14.8 Å². The van der Waals surface area contributed by atoms with Gasteiger partial charge >= 0.3 is 6.09 Å². The van der Waals surface area contributed by atoms with Crippen molar-refractivity contribution in [1.29, 1.82) is 0 Å². The summed E-state index contributed by atoms with van der Waals surface area (Å²) in [5.74, 6) is -0.191. The largest absolute Gasteiger partial charge is 0.444 e. The Bertz CT molecular complexity index is 591. The normalized spacial score (nSPS) is 15.4. The summed E-state index contributed by atoms with van der Waals surface area (Å²) < 4.78 is 10.4. The predicted octanol–water partition coefficient (Wildman–Crippen LogP) is 2.68. The van der Waals surface area contributed by atoms with Crippen LogP contribution in [0.4, 0.5) is 4.79 Å². The van der Waals surface area contributed by atoms with E-state index in [9.17, 15) is 9.59 Å². The Morgan fingerprint density at radius 2 is 1.84 bits per heavy atom. The van der Waals surface area contributed by atoms with E-state index in [-0.39, 0.29) is 18.0 Å². The minimum Gasteiger partial charge on any atom is -0.444 e. The van der Waals surface area contributed by atoms with Crippen LogP contribution < -0.4 is 5.32 Å². The molecule has 0 saturated heterocycles. The minimum absolute atomic E-state index is 0.0488.